The van der Waals surface area contributed by atoms with Crippen molar-refractivity contribution < 1.29 is 14.3 Å². The minimum Gasteiger partial charge on any atom is -0.497 e. The van der Waals surface area contributed by atoms with Gasteiger partial charge in [0.2, 0.25) is 5.91 Å². The fraction of sp³-hybridized carbons (Fsp3) is 0.533. The summed E-state index contributed by atoms with van der Waals surface area (Å²) in [6.45, 7) is 6.16. The van der Waals surface area contributed by atoms with E-state index in [1.54, 1.807) is 14.2 Å². The minimum atomic E-state index is -0.330. The van der Waals surface area contributed by atoms with Crippen LogP contribution < -0.4 is 14.8 Å². The summed E-state index contributed by atoms with van der Waals surface area (Å²) in [4.78, 5) is 11.8. The van der Waals surface area contributed by atoms with Gasteiger partial charge in [0, 0.05) is 22.9 Å². The molecule has 4 nitrogen and oxygen atoms in total. The van der Waals surface area contributed by atoms with E-state index < -0.39 is 0 Å². The number of benzene rings is 1. The van der Waals surface area contributed by atoms with E-state index in [-0.39, 0.29) is 16.9 Å². The predicted molar refractivity (Wildman–Crippen MR) is 73.7 cm³/mol. The first-order valence-electron chi connectivity index (χ1n) is 6.37. The monoisotopic (exact) mass is 263 g/mol. The van der Waals surface area contributed by atoms with Crippen LogP contribution in [0.5, 0.6) is 11.5 Å². The molecule has 0 aromatic heterocycles. The van der Waals surface area contributed by atoms with E-state index in [0.29, 0.717) is 6.42 Å². The lowest BCUT2D eigenvalue weighted by molar-refractivity contribution is -0.119. The van der Waals surface area contributed by atoms with Gasteiger partial charge in [-0.25, -0.2) is 0 Å². The van der Waals surface area contributed by atoms with Gasteiger partial charge in [0.05, 0.1) is 14.2 Å². The average molecular weight is 263 g/mol. The Balaban J connectivity index is 2.59. The molecule has 1 atom stereocenters. The zero-order valence-corrected chi connectivity index (χ0v) is 12.2. The van der Waals surface area contributed by atoms with Gasteiger partial charge in [-0.1, -0.05) is 6.92 Å². The van der Waals surface area contributed by atoms with Crippen LogP contribution in [0.25, 0.3) is 0 Å². The molecular formula is C15H21NO3. The fourth-order valence-corrected chi connectivity index (χ4v) is 2.75. The summed E-state index contributed by atoms with van der Waals surface area (Å²) in [5.41, 5.74) is 0.339. The molecule has 0 radical (unpaired) electrons. The van der Waals surface area contributed by atoms with Crippen LogP contribution in [0.2, 0.25) is 0 Å². The molecule has 0 saturated carbocycles. The molecule has 2 rings (SSSR count). The van der Waals surface area contributed by atoms with Crippen molar-refractivity contribution in [1.82, 2.24) is 5.32 Å². The molecule has 1 fully saturated rings. The number of hydrogen-bond donors (Lipinski definition) is 1. The second-order valence-electron chi connectivity index (χ2n) is 5.75. The lowest BCUT2D eigenvalue weighted by atomic mass is 9.68. The highest BCUT2D eigenvalue weighted by atomic mass is 16.5. The molecule has 1 unspecified atom stereocenters. The van der Waals surface area contributed by atoms with Crippen molar-refractivity contribution >= 4 is 5.91 Å². The normalized spacial score (nSPS) is 25.0. The first-order chi connectivity index (χ1) is 8.84. The highest BCUT2D eigenvalue weighted by molar-refractivity contribution is 5.83. The number of amides is 1. The molecule has 1 aliphatic rings. The molecule has 19 heavy (non-hydrogen) atoms. The van der Waals surface area contributed by atoms with Gasteiger partial charge in [0.15, 0.2) is 0 Å². The first-order valence-corrected chi connectivity index (χ1v) is 6.37. The van der Waals surface area contributed by atoms with E-state index in [1.165, 1.54) is 0 Å². The summed E-state index contributed by atoms with van der Waals surface area (Å²) in [6, 6.07) is 5.71. The third-order valence-electron chi connectivity index (χ3n) is 4.35. The smallest absolute Gasteiger partial charge is 0.221 e. The molecule has 0 aliphatic carbocycles. The minimum absolute atomic E-state index is 0.0670. The van der Waals surface area contributed by atoms with Crippen LogP contribution in [-0.2, 0) is 10.2 Å². The highest BCUT2D eigenvalue weighted by Gasteiger charge is 2.51. The molecule has 104 valence electrons. The Morgan fingerprint density at radius 3 is 2.32 bits per heavy atom. The summed E-state index contributed by atoms with van der Waals surface area (Å²) < 4.78 is 10.7. The van der Waals surface area contributed by atoms with Crippen molar-refractivity contribution in [2.45, 2.75) is 38.1 Å². The summed E-state index contributed by atoms with van der Waals surface area (Å²) in [5, 5.41) is 3.04. The van der Waals surface area contributed by atoms with Gasteiger partial charge in [0.25, 0.3) is 0 Å². The molecule has 0 bridgehead atoms. The molecule has 1 heterocycles. The number of nitrogens with one attached hydrogen (secondary N) is 1. The molecule has 1 amide bonds. The zero-order valence-electron chi connectivity index (χ0n) is 12.2. The van der Waals surface area contributed by atoms with Crippen molar-refractivity contribution in [3.63, 3.8) is 0 Å². The Morgan fingerprint density at radius 1 is 1.16 bits per heavy atom. The number of methoxy groups -OCH3 is 2. The van der Waals surface area contributed by atoms with E-state index in [0.717, 1.165) is 17.1 Å². The van der Waals surface area contributed by atoms with Crippen LogP contribution in [-0.4, -0.2) is 25.7 Å². The summed E-state index contributed by atoms with van der Waals surface area (Å²) in [5.74, 6) is 1.62. The molecule has 1 aromatic rings. The number of rotatable bonds is 3. The Hall–Kier alpha value is -1.71. The maximum Gasteiger partial charge on any atom is 0.221 e. The van der Waals surface area contributed by atoms with Crippen LogP contribution >= 0.6 is 0 Å². The largest absolute Gasteiger partial charge is 0.497 e. The molecular weight excluding hydrogens is 242 g/mol. The van der Waals surface area contributed by atoms with Crippen molar-refractivity contribution in [3.05, 3.63) is 23.8 Å². The lowest BCUT2D eigenvalue weighted by Gasteiger charge is -2.38. The van der Waals surface area contributed by atoms with Gasteiger partial charge in [-0.2, -0.15) is 0 Å². The van der Waals surface area contributed by atoms with Gasteiger partial charge in [-0.05, 0) is 32.0 Å². The quantitative estimate of drug-likeness (QED) is 0.910. The van der Waals surface area contributed by atoms with Crippen molar-refractivity contribution in [3.8, 4) is 11.5 Å². The van der Waals surface area contributed by atoms with Crippen LogP contribution in [0.3, 0.4) is 0 Å². The summed E-state index contributed by atoms with van der Waals surface area (Å²) >= 11 is 0. The van der Waals surface area contributed by atoms with Gasteiger partial charge < -0.3 is 14.8 Å². The van der Waals surface area contributed by atoms with Gasteiger partial charge in [-0.3, -0.25) is 4.79 Å². The first kappa shape index (κ1) is 13.7. The predicted octanol–water partition coefficient (Wildman–Crippen LogP) is 2.26. The number of hydrogen-bond acceptors (Lipinski definition) is 3. The Labute approximate surface area is 114 Å². The molecule has 0 spiro atoms. The standard InChI is InChI=1S/C15H21NO3/c1-14(2)15(3,9-13(17)16-14)11-8-10(18-4)6-7-12(11)19-5/h6-8H,9H2,1-5H3,(H,16,17). The van der Waals surface area contributed by atoms with Crippen LogP contribution in [0.4, 0.5) is 0 Å². The molecule has 1 saturated heterocycles. The molecule has 1 aliphatic heterocycles. The molecule has 4 heteroatoms. The Kier molecular flexibility index (Phi) is 3.20. The summed E-state index contributed by atoms with van der Waals surface area (Å²) in [6.07, 6.45) is 0.448. The van der Waals surface area contributed by atoms with E-state index in [4.69, 9.17) is 9.47 Å². The fourth-order valence-electron chi connectivity index (χ4n) is 2.75. The van der Waals surface area contributed by atoms with E-state index in [9.17, 15) is 4.79 Å². The summed E-state index contributed by atoms with van der Waals surface area (Å²) in [7, 11) is 3.28. The Bertz CT molecular complexity index is 510. The topological polar surface area (TPSA) is 47.6 Å². The lowest BCUT2D eigenvalue weighted by Crippen LogP contribution is -2.48. The van der Waals surface area contributed by atoms with Crippen LogP contribution in [0.1, 0.15) is 32.8 Å². The highest BCUT2D eigenvalue weighted by Crippen LogP contribution is 2.46. The van der Waals surface area contributed by atoms with E-state index in [2.05, 4.69) is 12.2 Å². The van der Waals surface area contributed by atoms with E-state index in [1.807, 2.05) is 32.0 Å². The number of carbonyl (C=O) groups is 1. The zero-order chi connectivity index (χ0) is 14.3. The molecule has 1 aromatic carbocycles. The van der Waals surface area contributed by atoms with Crippen LogP contribution in [0, 0.1) is 0 Å². The third-order valence-corrected chi connectivity index (χ3v) is 4.35. The van der Waals surface area contributed by atoms with E-state index >= 15 is 0 Å². The van der Waals surface area contributed by atoms with Crippen molar-refractivity contribution in [2.24, 2.45) is 0 Å². The second-order valence-corrected chi connectivity index (χ2v) is 5.75. The van der Waals surface area contributed by atoms with Gasteiger partial charge in [0.1, 0.15) is 11.5 Å². The van der Waals surface area contributed by atoms with Gasteiger partial charge >= 0.3 is 0 Å². The maximum absolute atomic E-state index is 11.8. The Morgan fingerprint density at radius 2 is 1.84 bits per heavy atom. The van der Waals surface area contributed by atoms with Crippen molar-refractivity contribution in [2.75, 3.05) is 14.2 Å². The SMILES string of the molecule is COc1ccc(OC)c(C2(C)CC(=O)NC2(C)C)c1. The molecule has 1 N–H and O–H groups in total. The second kappa shape index (κ2) is 4.44. The number of ether oxygens (including phenoxy) is 2. The van der Waals surface area contributed by atoms with Crippen molar-refractivity contribution in [1.29, 1.82) is 0 Å². The maximum atomic E-state index is 11.8. The average Bonchev–Trinajstić information content (AvgIpc) is 2.57. The number of carbonyl (C=O) groups excluding carboxylic acids is 1. The third kappa shape index (κ3) is 2.05. The van der Waals surface area contributed by atoms with Crippen LogP contribution in [0.15, 0.2) is 18.2 Å². The van der Waals surface area contributed by atoms with Gasteiger partial charge in [-0.15, -0.1) is 0 Å².